The van der Waals surface area contributed by atoms with Gasteiger partial charge in [-0.05, 0) is 0 Å². The second kappa shape index (κ2) is 3.72. The summed E-state index contributed by atoms with van der Waals surface area (Å²) in [6.07, 6.45) is 0. The zero-order valence-electron chi connectivity index (χ0n) is 6.02. The van der Waals surface area contributed by atoms with E-state index >= 15 is 0 Å². The monoisotopic (exact) mass is 149 g/mol. The van der Waals surface area contributed by atoms with Gasteiger partial charge in [0.05, 0.1) is 0 Å². The molecule has 54 valence electrons. The van der Waals surface area contributed by atoms with Crippen LogP contribution < -0.4 is 0 Å². The molecule has 0 aromatic heterocycles. The van der Waals surface area contributed by atoms with E-state index in [1.807, 2.05) is 6.92 Å². The van der Waals surface area contributed by atoms with Crippen molar-refractivity contribution in [1.82, 2.24) is 4.90 Å². The van der Waals surface area contributed by atoms with E-state index < -0.39 is 0 Å². The molecule has 0 N–H and O–H groups in total. The Morgan fingerprint density at radius 1 is 1.67 bits per heavy atom. The van der Waals surface area contributed by atoms with E-state index in [1.165, 1.54) is 0 Å². The summed E-state index contributed by atoms with van der Waals surface area (Å²) in [4.78, 5) is 12.5. The summed E-state index contributed by atoms with van der Waals surface area (Å²) in [5.74, 6) is 0.434. The Morgan fingerprint density at radius 3 is 2.22 bits per heavy atom. The van der Waals surface area contributed by atoms with Crippen LogP contribution in [-0.2, 0) is 4.79 Å². The highest BCUT2D eigenvalue weighted by atomic mass is 35.5. The lowest BCUT2D eigenvalue weighted by Crippen LogP contribution is -2.28. The van der Waals surface area contributed by atoms with E-state index in [0.717, 1.165) is 0 Å². The third-order valence-corrected chi connectivity index (χ3v) is 1.56. The highest BCUT2D eigenvalue weighted by Gasteiger charge is 2.12. The van der Waals surface area contributed by atoms with Crippen molar-refractivity contribution in [3.63, 3.8) is 0 Å². The summed E-state index contributed by atoms with van der Waals surface area (Å²) in [6, 6.07) is 0. The Kier molecular flexibility index (Phi) is 3.62. The second-order valence-corrected chi connectivity index (χ2v) is 2.60. The maximum atomic E-state index is 10.9. The van der Waals surface area contributed by atoms with Crippen molar-refractivity contribution in [2.75, 3.05) is 20.0 Å². The third-order valence-electron chi connectivity index (χ3n) is 1.09. The molecular weight excluding hydrogens is 138 g/mol. The maximum absolute atomic E-state index is 10.9. The minimum Gasteiger partial charge on any atom is -0.349 e. The Bertz CT molecular complexity index is 103. The normalized spacial score (nSPS) is 12.9. The van der Waals surface area contributed by atoms with Crippen molar-refractivity contribution in [3.8, 4) is 0 Å². The summed E-state index contributed by atoms with van der Waals surface area (Å²) in [5, 5.41) is 0. The summed E-state index contributed by atoms with van der Waals surface area (Å²) >= 11 is 5.44. The van der Waals surface area contributed by atoms with Crippen LogP contribution in [0.15, 0.2) is 0 Å². The number of hydrogen-bond donors (Lipinski definition) is 0. The number of hydrogen-bond acceptors (Lipinski definition) is 1. The average Bonchev–Trinajstić information content (AvgIpc) is 1.84. The van der Waals surface area contributed by atoms with E-state index in [1.54, 1.807) is 19.0 Å². The van der Waals surface area contributed by atoms with Crippen LogP contribution in [0.5, 0.6) is 0 Å². The van der Waals surface area contributed by atoms with Crippen LogP contribution in [0.4, 0.5) is 0 Å². The van der Waals surface area contributed by atoms with Gasteiger partial charge >= 0.3 is 0 Å². The molecule has 0 bridgehead atoms. The first kappa shape index (κ1) is 8.76. The number of nitrogens with zero attached hydrogens (tertiary/aromatic N) is 1. The van der Waals surface area contributed by atoms with Gasteiger partial charge in [0.15, 0.2) is 0 Å². The SMILES string of the molecule is C[C@@H](CCl)C(=O)N(C)C. The molecule has 0 heterocycles. The smallest absolute Gasteiger partial charge is 0.226 e. The van der Waals surface area contributed by atoms with Gasteiger partial charge in [0.2, 0.25) is 5.91 Å². The van der Waals surface area contributed by atoms with Crippen molar-refractivity contribution in [2.24, 2.45) is 5.92 Å². The van der Waals surface area contributed by atoms with Crippen LogP contribution in [0.1, 0.15) is 6.92 Å². The molecule has 0 saturated heterocycles. The molecule has 0 aliphatic heterocycles. The predicted octanol–water partition coefficient (Wildman–Crippen LogP) is 0.950. The van der Waals surface area contributed by atoms with Crippen molar-refractivity contribution in [3.05, 3.63) is 0 Å². The molecular formula is C6H12ClNO. The highest BCUT2D eigenvalue weighted by molar-refractivity contribution is 6.19. The number of halogens is 1. The third kappa shape index (κ3) is 2.70. The average molecular weight is 150 g/mol. The van der Waals surface area contributed by atoms with E-state index in [0.29, 0.717) is 5.88 Å². The van der Waals surface area contributed by atoms with Crippen molar-refractivity contribution >= 4 is 17.5 Å². The summed E-state index contributed by atoms with van der Waals surface area (Å²) in [6.45, 7) is 1.81. The number of carbonyl (C=O) groups is 1. The molecule has 0 aliphatic carbocycles. The van der Waals surface area contributed by atoms with Gasteiger partial charge in [-0.3, -0.25) is 4.79 Å². The summed E-state index contributed by atoms with van der Waals surface area (Å²) in [7, 11) is 3.46. The largest absolute Gasteiger partial charge is 0.349 e. The molecule has 1 amide bonds. The zero-order valence-corrected chi connectivity index (χ0v) is 6.77. The van der Waals surface area contributed by atoms with Gasteiger partial charge in [0, 0.05) is 25.9 Å². The first-order chi connectivity index (χ1) is 4.09. The highest BCUT2D eigenvalue weighted by Crippen LogP contribution is 2.00. The van der Waals surface area contributed by atoms with Crippen molar-refractivity contribution in [1.29, 1.82) is 0 Å². The molecule has 3 heteroatoms. The maximum Gasteiger partial charge on any atom is 0.226 e. The Balaban J connectivity index is 3.73. The van der Waals surface area contributed by atoms with Gasteiger partial charge < -0.3 is 4.90 Å². The molecule has 0 saturated carbocycles. The number of alkyl halides is 1. The topological polar surface area (TPSA) is 20.3 Å². The number of carbonyl (C=O) groups excluding carboxylic acids is 1. The second-order valence-electron chi connectivity index (χ2n) is 2.29. The Morgan fingerprint density at radius 2 is 2.11 bits per heavy atom. The quantitative estimate of drug-likeness (QED) is 0.536. The fourth-order valence-corrected chi connectivity index (χ4v) is 0.639. The molecule has 1 atom stereocenters. The van der Waals surface area contributed by atoms with E-state index in [-0.39, 0.29) is 11.8 Å². The molecule has 0 aromatic rings. The predicted molar refractivity (Wildman–Crippen MR) is 38.6 cm³/mol. The van der Waals surface area contributed by atoms with Gasteiger partial charge in [0.25, 0.3) is 0 Å². The fourth-order valence-electron chi connectivity index (χ4n) is 0.507. The number of rotatable bonds is 2. The van der Waals surface area contributed by atoms with E-state index in [2.05, 4.69) is 0 Å². The van der Waals surface area contributed by atoms with Crippen molar-refractivity contribution in [2.45, 2.75) is 6.92 Å². The molecule has 9 heavy (non-hydrogen) atoms. The lowest BCUT2D eigenvalue weighted by Gasteiger charge is -2.13. The van der Waals surface area contributed by atoms with Gasteiger partial charge in [-0.2, -0.15) is 0 Å². The Hall–Kier alpha value is -0.240. The Labute approximate surface area is 60.8 Å². The zero-order chi connectivity index (χ0) is 7.44. The van der Waals surface area contributed by atoms with Crippen LogP contribution in [-0.4, -0.2) is 30.8 Å². The lowest BCUT2D eigenvalue weighted by molar-refractivity contribution is -0.131. The lowest BCUT2D eigenvalue weighted by atomic mass is 10.2. The standard InChI is InChI=1S/C6H12ClNO/c1-5(4-7)6(9)8(2)3/h5H,4H2,1-3H3/t5-/m0/s1. The van der Waals surface area contributed by atoms with Crippen LogP contribution >= 0.6 is 11.6 Å². The van der Waals surface area contributed by atoms with Crippen LogP contribution in [0.25, 0.3) is 0 Å². The van der Waals surface area contributed by atoms with Gasteiger partial charge in [0.1, 0.15) is 0 Å². The summed E-state index contributed by atoms with van der Waals surface area (Å²) in [5.41, 5.74) is 0. The van der Waals surface area contributed by atoms with Gasteiger partial charge in [-0.25, -0.2) is 0 Å². The minimum atomic E-state index is -0.0540. The van der Waals surface area contributed by atoms with Gasteiger partial charge in [-0.15, -0.1) is 11.6 Å². The van der Waals surface area contributed by atoms with E-state index in [9.17, 15) is 4.79 Å². The van der Waals surface area contributed by atoms with Crippen molar-refractivity contribution < 1.29 is 4.79 Å². The molecule has 2 nitrogen and oxygen atoms in total. The molecule has 0 rings (SSSR count). The summed E-state index contributed by atoms with van der Waals surface area (Å²) < 4.78 is 0. The van der Waals surface area contributed by atoms with Crippen LogP contribution in [0, 0.1) is 5.92 Å². The molecule has 0 aliphatic rings. The van der Waals surface area contributed by atoms with Crippen LogP contribution in [0.3, 0.4) is 0 Å². The molecule has 0 aromatic carbocycles. The number of amides is 1. The van der Waals surface area contributed by atoms with E-state index in [4.69, 9.17) is 11.6 Å². The first-order valence-electron chi connectivity index (χ1n) is 2.86. The minimum absolute atomic E-state index is 0.0540. The molecule has 0 spiro atoms. The fraction of sp³-hybridized carbons (Fsp3) is 0.833. The first-order valence-corrected chi connectivity index (χ1v) is 3.40. The molecule has 0 unspecified atom stereocenters. The molecule has 0 radical (unpaired) electrons. The van der Waals surface area contributed by atoms with Gasteiger partial charge in [-0.1, -0.05) is 6.92 Å². The molecule has 0 fully saturated rings. The van der Waals surface area contributed by atoms with Crippen LogP contribution in [0.2, 0.25) is 0 Å².